The molecule has 2 N–H and O–H groups in total. The molecule has 0 radical (unpaired) electrons. The van der Waals surface area contributed by atoms with Gasteiger partial charge in [-0.2, -0.15) is 0 Å². The summed E-state index contributed by atoms with van der Waals surface area (Å²) in [5.74, 6) is 0.260. The van der Waals surface area contributed by atoms with E-state index in [9.17, 15) is 10.2 Å². The maximum atomic E-state index is 9.51. The lowest BCUT2D eigenvalue weighted by atomic mass is 9.93. The molecule has 1 fully saturated rings. The normalized spacial score (nSPS) is 21.6. The van der Waals surface area contributed by atoms with E-state index < -0.39 is 0 Å². The summed E-state index contributed by atoms with van der Waals surface area (Å²) in [5, 5.41) is 19.0. The Morgan fingerprint density at radius 1 is 1.18 bits per heavy atom. The predicted octanol–water partition coefficient (Wildman–Crippen LogP) is 2.89. The molecule has 1 atom stereocenters. The SMILES string of the molecule is CC(c1cc(O)cc(O)c1)N1CCC(C)(C)C1. The van der Waals surface area contributed by atoms with Crippen molar-refractivity contribution in [1.29, 1.82) is 0 Å². The Kier molecular flexibility index (Phi) is 3.04. The maximum Gasteiger partial charge on any atom is 0.119 e. The van der Waals surface area contributed by atoms with Gasteiger partial charge >= 0.3 is 0 Å². The summed E-state index contributed by atoms with van der Waals surface area (Å²) in [4.78, 5) is 2.40. The number of hydrogen-bond acceptors (Lipinski definition) is 3. The highest BCUT2D eigenvalue weighted by Crippen LogP contribution is 2.36. The predicted molar refractivity (Wildman–Crippen MR) is 68.2 cm³/mol. The maximum absolute atomic E-state index is 9.51. The van der Waals surface area contributed by atoms with Gasteiger partial charge in [0.1, 0.15) is 11.5 Å². The minimum absolute atomic E-state index is 0.130. The van der Waals surface area contributed by atoms with Crippen LogP contribution in [-0.4, -0.2) is 28.2 Å². The van der Waals surface area contributed by atoms with E-state index in [1.807, 2.05) is 0 Å². The van der Waals surface area contributed by atoms with Gasteiger partial charge in [0.25, 0.3) is 0 Å². The zero-order valence-electron chi connectivity index (χ0n) is 10.8. The molecule has 1 aliphatic heterocycles. The molecule has 0 aromatic heterocycles. The molecule has 3 nitrogen and oxygen atoms in total. The Balaban J connectivity index is 2.17. The standard InChI is InChI=1S/C14H21NO2/c1-10(15-5-4-14(2,3)9-15)11-6-12(16)8-13(17)7-11/h6-8,10,16-17H,4-5,9H2,1-3H3. The summed E-state index contributed by atoms with van der Waals surface area (Å²) >= 11 is 0. The highest BCUT2D eigenvalue weighted by molar-refractivity contribution is 5.38. The molecule has 1 saturated heterocycles. The smallest absolute Gasteiger partial charge is 0.119 e. The summed E-state index contributed by atoms with van der Waals surface area (Å²) in [5.41, 5.74) is 1.34. The van der Waals surface area contributed by atoms with Crippen LogP contribution in [0, 0.1) is 5.41 Å². The summed E-state index contributed by atoms with van der Waals surface area (Å²) in [7, 11) is 0. The Labute approximate surface area is 103 Å². The summed E-state index contributed by atoms with van der Waals surface area (Å²) < 4.78 is 0. The molecule has 0 saturated carbocycles. The molecule has 0 bridgehead atoms. The van der Waals surface area contributed by atoms with E-state index in [0.717, 1.165) is 18.7 Å². The number of nitrogens with zero attached hydrogens (tertiary/aromatic N) is 1. The molecule has 0 aliphatic carbocycles. The van der Waals surface area contributed by atoms with Crippen LogP contribution in [0.3, 0.4) is 0 Å². The Hall–Kier alpha value is -1.22. The van der Waals surface area contributed by atoms with Crippen LogP contribution in [0.15, 0.2) is 18.2 Å². The molecule has 3 heteroatoms. The summed E-state index contributed by atoms with van der Waals surface area (Å²) in [6.07, 6.45) is 1.20. The van der Waals surface area contributed by atoms with Gasteiger partial charge in [-0.25, -0.2) is 0 Å². The van der Waals surface area contributed by atoms with Crippen molar-refractivity contribution in [3.63, 3.8) is 0 Å². The van der Waals surface area contributed by atoms with Gasteiger partial charge in [0, 0.05) is 18.7 Å². The van der Waals surface area contributed by atoms with Crippen molar-refractivity contribution in [1.82, 2.24) is 4.90 Å². The van der Waals surface area contributed by atoms with Gasteiger partial charge < -0.3 is 10.2 Å². The quantitative estimate of drug-likeness (QED) is 0.828. The molecule has 1 aliphatic rings. The minimum Gasteiger partial charge on any atom is -0.508 e. The van der Waals surface area contributed by atoms with Crippen molar-refractivity contribution in [2.75, 3.05) is 13.1 Å². The summed E-state index contributed by atoms with van der Waals surface area (Å²) in [6, 6.07) is 5.06. The third-order valence-corrected chi connectivity index (χ3v) is 3.66. The van der Waals surface area contributed by atoms with Gasteiger partial charge in [-0.05, 0) is 43.0 Å². The highest BCUT2D eigenvalue weighted by atomic mass is 16.3. The van der Waals surface area contributed by atoms with Crippen LogP contribution >= 0.6 is 0 Å². The van der Waals surface area contributed by atoms with Crippen molar-refractivity contribution < 1.29 is 10.2 Å². The Bertz CT molecular complexity index is 394. The van der Waals surface area contributed by atoms with Gasteiger partial charge in [-0.3, -0.25) is 4.90 Å². The minimum atomic E-state index is 0.130. The first kappa shape index (κ1) is 12.2. The van der Waals surface area contributed by atoms with E-state index in [2.05, 4.69) is 25.7 Å². The van der Waals surface area contributed by atoms with Gasteiger partial charge in [0.2, 0.25) is 0 Å². The first-order valence-electron chi connectivity index (χ1n) is 6.14. The van der Waals surface area contributed by atoms with E-state index in [1.54, 1.807) is 12.1 Å². The third-order valence-electron chi connectivity index (χ3n) is 3.66. The van der Waals surface area contributed by atoms with Crippen LogP contribution < -0.4 is 0 Å². The third kappa shape index (κ3) is 2.72. The number of phenols is 2. The zero-order chi connectivity index (χ0) is 12.6. The van der Waals surface area contributed by atoms with E-state index in [4.69, 9.17) is 0 Å². The van der Waals surface area contributed by atoms with Crippen molar-refractivity contribution in [3.05, 3.63) is 23.8 Å². The number of aromatic hydroxyl groups is 2. The lowest BCUT2D eigenvalue weighted by molar-refractivity contribution is 0.232. The first-order chi connectivity index (χ1) is 7.87. The van der Waals surface area contributed by atoms with E-state index in [-0.39, 0.29) is 17.5 Å². The molecule has 1 aromatic rings. The molecule has 1 aromatic carbocycles. The second-order valence-corrected chi connectivity index (χ2v) is 5.84. The number of likely N-dealkylation sites (tertiary alicyclic amines) is 1. The average molecular weight is 235 g/mol. The fraction of sp³-hybridized carbons (Fsp3) is 0.571. The van der Waals surface area contributed by atoms with Crippen molar-refractivity contribution in [2.45, 2.75) is 33.2 Å². The molecule has 0 spiro atoms. The van der Waals surface area contributed by atoms with E-state index >= 15 is 0 Å². The fourth-order valence-corrected chi connectivity index (χ4v) is 2.55. The lowest BCUT2D eigenvalue weighted by Gasteiger charge is -2.26. The Morgan fingerprint density at radius 3 is 2.24 bits per heavy atom. The topological polar surface area (TPSA) is 43.7 Å². The van der Waals surface area contributed by atoms with E-state index in [1.165, 1.54) is 12.5 Å². The van der Waals surface area contributed by atoms with Gasteiger partial charge in [0.05, 0.1) is 0 Å². The van der Waals surface area contributed by atoms with Gasteiger partial charge in [-0.15, -0.1) is 0 Å². The van der Waals surface area contributed by atoms with Crippen LogP contribution in [0.2, 0.25) is 0 Å². The number of rotatable bonds is 2. The van der Waals surface area contributed by atoms with Crippen LogP contribution in [0.5, 0.6) is 11.5 Å². The molecular weight excluding hydrogens is 214 g/mol. The van der Waals surface area contributed by atoms with E-state index in [0.29, 0.717) is 5.41 Å². The second-order valence-electron chi connectivity index (χ2n) is 5.84. The number of phenolic OH excluding ortho intramolecular Hbond substituents is 2. The fourth-order valence-electron chi connectivity index (χ4n) is 2.55. The van der Waals surface area contributed by atoms with Crippen molar-refractivity contribution in [3.8, 4) is 11.5 Å². The molecule has 0 amide bonds. The first-order valence-corrected chi connectivity index (χ1v) is 6.14. The lowest BCUT2D eigenvalue weighted by Crippen LogP contribution is -2.26. The van der Waals surface area contributed by atoms with Gasteiger partial charge in [0.15, 0.2) is 0 Å². The molecule has 17 heavy (non-hydrogen) atoms. The summed E-state index contributed by atoms with van der Waals surface area (Å²) in [6.45, 7) is 8.81. The average Bonchev–Trinajstić information content (AvgIpc) is 2.56. The molecule has 1 heterocycles. The van der Waals surface area contributed by atoms with Crippen molar-refractivity contribution >= 4 is 0 Å². The van der Waals surface area contributed by atoms with Crippen LogP contribution in [0.4, 0.5) is 0 Å². The molecule has 2 rings (SSSR count). The molecular formula is C14H21NO2. The monoisotopic (exact) mass is 235 g/mol. The van der Waals surface area contributed by atoms with Crippen LogP contribution in [-0.2, 0) is 0 Å². The van der Waals surface area contributed by atoms with Crippen LogP contribution in [0.25, 0.3) is 0 Å². The highest BCUT2D eigenvalue weighted by Gasteiger charge is 2.32. The number of hydrogen-bond donors (Lipinski definition) is 2. The largest absolute Gasteiger partial charge is 0.508 e. The zero-order valence-corrected chi connectivity index (χ0v) is 10.8. The van der Waals surface area contributed by atoms with Gasteiger partial charge in [-0.1, -0.05) is 13.8 Å². The second kappa shape index (κ2) is 4.22. The van der Waals surface area contributed by atoms with Crippen molar-refractivity contribution in [2.24, 2.45) is 5.41 Å². The van der Waals surface area contributed by atoms with Crippen LogP contribution in [0.1, 0.15) is 38.8 Å². The number of benzene rings is 1. The molecule has 94 valence electrons. The molecule has 1 unspecified atom stereocenters. The Morgan fingerprint density at radius 2 is 1.76 bits per heavy atom.